The summed E-state index contributed by atoms with van der Waals surface area (Å²) in [5, 5.41) is 9.91. The van der Waals surface area contributed by atoms with E-state index in [0.717, 1.165) is 47.0 Å². The van der Waals surface area contributed by atoms with E-state index in [1.165, 1.54) is 12.8 Å². The minimum atomic E-state index is 0.462. The van der Waals surface area contributed by atoms with E-state index in [1.54, 1.807) is 11.3 Å². The fraction of sp³-hybridized carbons (Fsp3) is 0.524. The Balaban J connectivity index is 1.59. The SMILES string of the molecule is CCNC(=NCc1ccccc1OCC1CC1)NCc1nc(C(C)C)cs1. The number of guanidine groups is 1. The summed E-state index contributed by atoms with van der Waals surface area (Å²) in [4.78, 5) is 9.41. The van der Waals surface area contributed by atoms with E-state index < -0.39 is 0 Å². The Morgan fingerprint density at radius 3 is 2.81 bits per heavy atom. The van der Waals surface area contributed by atoms with Crippen molar-refractivity contribution in [3.05, 3.63) is 45.9 Å². The maximum absolute atomic E-state index is 5.99. The molecule has 1 heterocycles. The first kappa shape index (κ1) is 19.7. The first-order valence-corrected chi connectivity index (χ1v) is 10.7. The molecule has 27 heavy (non-hydrogen) atoms. The van der Waals surface area contributed by atoms with E-state index >= 15 is 0 Å². The zero-order valence-corrected chi connectivity index (χ0v) is 17.3. The zero-order valence-electron chi connectivity index (χ0n) is 16.5. The van der Waals surface area contributed by atoms with Crippen molar-refractivity contribution in [3.63, 3.8) is 0 Å². The van der Waals surface area contributed by atoms with Crippen LogP contribution >= 0.6 is 11.3 Å². The maximum atomic E-state index is 5.99. The molecule has 0 radical (unpaired) electrons. The third-order valence-corrected chi connectivity index (χ3v) is 5.33. The van der Waals surface area contributed by atoms with Gasteiger partial charge >= 0.3 is 0 Å². The van der Waals surface area contributed by atoms with Gasteiger partial charge in [0.1, 0.15) is 10.8 Å². The minimum absolute atomic E-state index is 0.462. The molecule has 1 fully saturated rings. The number of thiazole rings is 1. The number of hydrogen-bond acceptors (Lipinski definition) is 4. The average molecular weight is 387 g/mol. The van der Waals surface area contributed by atoms with Crippen molar-refractivity contribution in [2.45, 2.75) is 52.6 Å². The topological polar surface area (TPSA) is 58.5 Å². The highest BCUT2D eigenvalue weighted by molar-refractivity contribution is 7.09. The van der Waals surface area contributed by atoms with Crippen molar-refractivity contribution < 1.29 is 4.74 Å². The molecule has 0 atom stereocenters. The molecule has 1 aromatic heterocycles. The Morgan fingerprint density at radius 2 is 2.11 bits per heavy atom. The molecule has 1 saturated carbocycles. The molecule has 5 nitrogen and oxygen atoms in total. The molecule has 1 aliphatic rings. The normalized spacial score (nSPS) is 14.4. The van der Waals surface area contributed by atoms with Crippen LogP contribution in [0, 0.1) is 5.92 Å². The fourth-order valence-corrected chi connectivity index (χ4v) is 3.50. The first-order chi connectivity index (χ1) is 13.2. The number of nitrogens with one attached hydrogen (secondary N) is 2. The number of para-hydroxylation sites is 1. The third kappa shape index (κ3) is 6.24. The average Bonchev–Trinajstić information content (AvgIpc) is 3.37. The van der Waals surface area contributed by atoms with Gasteiger partial charge in [-0.15, -0.1) is 11.3 Å². The quantitative estimate of drug-likeness (QED) is 0.498. The van der Waals surface area contributed by atoms with Gasteiger partial charge in [-0.1, -0.05) is 32.0 Å². The van der Waals surface area contributed by atoms with E-state index in [1.807, 2.05) is 18.2 Å². The molecule has 0 saturated heterocycles. The molecule has 1 aromatic carbocycles. The van der Waals surface area contributed by atoms with Crippen molar-refractivity contribution in [1.29, 1.82) is 0 Å². The highest BCUT2D eigenvalue weighted by Crippen LogP contribution is 2.30. The van der Waals surface area contributed by atoms with Gasteiger partial charge in [0.15, 0.2) is 5.96 Å². The lowest BCUT2D eigenvalue weighted by atomic mass is 10.2. The second kappa shape index (κ2) is 9.74. The Morgan fingerprint density at radius 1 is 1.30 bits per heavy atom. The lowest BCUT2D eigenvalue weighted by Gasteiger charge is -2.12. The molecule has 0 spiro atoms. The first-order valence-electron chi connectivity index (χ1n) is 9.83. The number of aromatic nitrogens is 1. The van der Waals surface area contributed by atoms with Crippen molar-refractivity contribution >= 4 is 17.3 Å². The standard InChI is InChI=1S/C21H30N4OS/c1-4-22-21(24-12-20-25-18(14-27-20)15(2)3)23-11-17-7-5-6-8-19(17)26-13-16-9-10-16/h5-8,14-16H,4,9-13H2,1-3H3,(H2,22,23,24). The second-order valence-corrected chi connectivity index (χ2v) is 8.17. The lowest BCUT2D eigenvalue weighted by molar-refractivity contribution is 0.297. The number of rotatable bonds is 9. The maximum Gasteiger partial charge on any atom is 0.191 e. The molecule has 6 heteroatoms. The predicted molar refractivity (Wildman–Crippen MR) is 113 cm³/mol. The molecule has 146 valence electrons. The van der Waals surface area contributed by atoms with Crippen molar-refractivity contribution in [3.8, 4) is 5.75 Å². The van der Waals surface area contributed by atoms with Crippen molar-refractivity contribution in [1.82, 2.24) is 15.6 Å². The van der Waals surface area contributed by atoms with Crippen LogP contribution in [0.4, 0.5) is 0 Å². The van der Waals surface area contributed by atoms with Crippen LogP contribution in [0.25, 0.3) is 0 Å². The number of ether oxygens (including phenoxy) is 1. The zero-order chi connectivity index (χ0) is 19.1. The Kier molecular flexibility index (Phi) is 7.10. The Bertz CT molecular complexity index is 752. The van der Waals surface area contributed by atoms with Gasteiger partial charge in [-0.2, -0.15) is 0 Å². The molecule has 0 amide bonds. The van der Waals surface area contributed by atoms with Crippen LogP contribution in [0.5, 0.6) is 5.75 Å². The van der Waals surface area contributed by atoms with Gasteiger partial charge in [0, 0.05) is 17.5 Å². The van der Waals surface area contributed by atoms with Crippen LogP contribution in [0.1, 0.15) is 55.8 Å². The molecular weight excluding hydrogens is 356 g/mol. The summed E-state index contributed by atoms with van der Waals surface area (Å²) in [7, 11) is 0. The van der Waals surface area contributed by atoms with Gasteiger partial charge in [-0.25, -0.2) is 9.98 Å². The number of nitrogens with zero attached hydrogens (tertiary/aromatic N) is 2. The summed E-state index contributed by atoms with van der Waals surface area (Å²) in [6.45, 7) is 9.32. The van der Waals surface area contributed by atoms with Crippen LogP contribution in [-0.2, 0) is 13.1 Å². The van der Waals surface area contributed by atoms with Gasteiger partial charge < -0.3 is 15.4 Å². The molecule has 2 aromatic rings. The van der Waals surface area contributed by atoms with E-state index in [0.29, 0.717) is 19.0 Å². The van der Waals surface area contributed by atoms with Crippen LogP contribution in [-0.4, -0.2) is 24.1 Å². The van der Waals surface area contributed by atoms with Crippen molar-refractivity contribution in [2.75, 3.05) is 13.2 Å². The summed E-state index contributed by atoms with van der Waals surface area (Å²) < 4.78 is 5.99. The number of hydrogen-bond donors (Lipinski definition) is 2. The Labute approximate surface area is 166 Å². The molecule has 1 aliphatic carbocycles. The summed E-state index contributed by atoms with van der Waals surface area (Å²) >= 11 is 1.69. The lowest BCUT2D eigenvalue weighted by Crippen LogP contribution is -2.36. The summed E-state index contributed by atoms with van der Waals surface area (Å²) in [6.07, 6.45) is 2.59. The molecule has 0 bridgehead atoms. The van der Waals surface area contributed by atoms with Crippen LogP contribution in [0.2, 0.25) is 0 Å². The van der Waals surface area contributed by atoms with E-state index in [9.17, 15) is 0 Å². The summed E-state index contributed by atoms with van der Waals surface area (Å²) in [6, 6.07) is 8.19. The smallest absolute Gasteiger partial charge is 0.191 e. The highest BCUT2D eigenvalue weighted by atomic mass is 32.1. The van der Waals surface area contributed by atoms with Gasteiger partial charge in [-0.3, -0.25) is 0 Å². The number of aliphatic imine (C=N–C) groups is 1. The monoisotopic (exact) mass is 386 g/mol. The van der Waals surface area contributed by atoms with Crippen molar-refractivity contribution in [2.24, 2.45) is 10.9 Å². The summed E-state index contributed by atoms with van der Waals surface area (Å²) in [5.41, 5.74) is 2.27. The Hall–Kier alpha value is -2.08. The van der Waals surface area contributed by atoms with Crippen LogP contribution in [0.15, 0.2) is 34.6 Å². The number of benzene rings is 1. The van der Waals surface area contributed by atoms with E-state index in [2.05, 4.69) is 47.8 Å². The molecule has 3 rings (SSSR count). The minimum Gasteiger partial charge on any atom is -0.493 e. The van der Waals surface area contributed by atoms with Crippen LogP contribution in [0.3, 0.4) is 0 Å². The van der Waals surface area contributed by atoms with Gasteiger partial charge in [0.25, 0.3) is 0 Å². The molecule has 0 unspecified atom stereocenters. The molecular formula is C21H30N4OS. The van der Waals surface area contributed by atoms with Gasteiger partial charge in [0.05, 0.1) is 25.4 Å². The van der Waals surface area contributed by atoms with Crippen LogP contribution < -0.4 is 15.4 Å². The molecule has 0 aliphatic heterocycles. The summed E-state index contributed by atoms with van der Waals surface area (Å²) in [5.74, 6) is 2.96. The highest BCUT2D eigenvalue weighted by Gasteiger charge is 2.22. The van der Waals surface area contributed by atoms with E-state index in [-0.39, 0.29) is 0 Å². The third-order valence-electron chi connectivity index (χ3n) is 4.46. The second-order valence-electron chi connectivity index (χ2n) is 7.23. The predicted octanol–water partition coefficient (Wildman–Crippen LogP) is 4.31. The fourth-order valence-electron chi connectivity index (χ4n) is 2.60. The van der Waals surface area contributed by atoms with Gasteiger partial charge in [0.2, 0.25) is 0 Å². The molecule has 2 N–H and O–H groups in total. The largest absolute Gasteiger partial charge is 0.493 e. The van der Waals surface area contributed by atoms with Gasteiger partial charge in [-0.05, 0) is 37.7 Å². The van der Waals surface area contributed by atoms with E-state index in [4.69, 9.17) is 9.73 Å².